The third kappa shape index (κ3) is 5.14. The molecule has 4 atom stereocenters. The number of rotatable bonds is 6. The van der Waals surface area contributed by atoms with Gasteiger partial charge in [-0.05, 0) is 80.6 Å². The second-order valence-corrected chi connectivity index (χ2v) is 10.9. The van der Waals surface area contributed by atoms with Crippen molar-refractivity contribution < 1.29 is 9.90 Å². The molecule has 3 nitrogen and oxygen atoms in total. The van der Waals surface area contributed by atoms with Crippen LogP contribution in [-0.4, -0.2) is 17.1 Å². The van der Waals surface area contributed by atoms with Crippen molar-refractivity contribution in [3.8, 4) is 0 Å². The van der Waals surface area contributed by atoms with E-state index in [1.807, 2.05) is 0 Å². The summed E-state index contributed by atoms with van der Waals surface area (Å²) in [6, 6.07) is 8.25. The molecule has 3 rings (SSSR count). The first kappa shape index (κ1) is 23.8. The third-order valence-corrected chi connectivity index (χ3v) is 8.34. The van der Waals surface area contributed by atoms with Gasteiger partial charge in [0.25, 0.3) is 0 Å². The molecule has 3 heteroatoms. The highest BCUT2D eigenvalue weighted by Gasteiger charge is 2.55. The SMILES string of the molecule is C=C1CC[C@@H]2C(C)(C)[C@H](O)CC[C@@]2(C)[C@@H]1CC/C(C)=C/C(=O)NCc1ccc(C)cc1. The lowest BCUT2D eigenvalue weighted by atomic mass is 9.46. The van der Waals surface area contributed by atoms with E-state index in [1.54, 1.807) is 6.08 Å². The summed E-state index contributed by atoms with van der Waals surface area (Å²) in [7, 11) is 0. The van der Waals surface area contributed by atoms with Crippen molar-refractivity contribution in [3.63, 3.8) is 0 Å². The summed E-state index contributed by atoms with van der Waals surface area (Å²) in [4.78, 5) is 12.4. The molecule has 1 amide bonds. The van der Waals surface area contributed by atoms with Crippen LogP contribution in [0, 0.1) is 29.6 Å². The van der Waals surface area contributed by atoms with E-state index in [4.69, 9.17) is 0 Å². The maximum Gasteiger partial charge on any atom is 0.244 e. The number of fused-ring (bicyclic) bond motifs is 1. The monoisotopic (exact) mass is 423 g/mol. The van der Waals surface area contributed by atoms with Gasteiger partial charge in [-0.1, -0.05) is 68.3 Å². The van der Waals surface area contributed by atoms with Crippen LogP contribution in [0.25, 0.3) is 0 Å². The Balaban J connectivity index is 1.60. The van der Waals surface area contributed by atoms with E-state index in [-0.39, 0.29) is 22.8 Å². The van der Waals surface area contributed by atoms with Crippen LogP contribution in [0.4, 0.5) is 0 Å². The molecule has 0 spiro atoms. The van der Waals surface area contributed by atoms with E-state index in [0.29, 0.717) is 18.4 Å². The van der Waals surface area contributed by atoms with Crippen molar-refractivity contribution in [2.24, 2.45) is 22.7 Å². The van der Waals surface area contributed by atoms with Crippen LogP contribution in [0.2, 0.25) is 0 Å². The van der Waals surface area contributed by atoms with E-state index in [9.17, 15) is 9.90 Å². The Hall–Kier alpha value is -1.87. The van der Waals surface area contributed by atoms with Crippen LogP contribution in [0.15, 0.2) is 48.1 Å². The maximum absolute atomic E-state index is 12.4. The number of carbonyl (C=O) groups is 1. The molecule has 0 aliphatic heterocycles. The predicted octanol–water partition coefficient (Wildman–Crippen LogP) is 6.11. The number of hydrogen-bond acceptors (Lipinski definition) is 2. The van der Waals surface area contributed by atoms with Gasteiger partial charge in [0, 0.05) is 12.6 Å². The number of hydrogen-bond donors (Lipinski definition) is 2. The van der Waals surface area contributed by atoms with E-state index in [2.05, 4.69) is 70.8 Å². The second-order valence-electron chi connectivity index (χ2n) is 10.9. The van der Waals surface area contributed by atoms with Crippen LogP contribution >= 0.6 is 0 Å². The fourth-order valence-electron chi connectivity index (χ4n) is 6.31. The largest absolute Gasteiger partial charge is 0.393 e. The lowest BCUT2D eigenvalue weighted by molar-refractivity contribution is -0.124. The Labute approximate surface area is 189 Å². The van der Waals surface area contributed by atoms with Gasteiger partial charge in [-0.15, -0.1) is 0 Å². The minimum Gasteiger partial charge on any atom is -0.393 e. The molecule has 1 aromatic rings. The summed E-state index contributed by atoms with van der Waals surface area (Å²) in [5.74, 6) is 0.949. The lowest BCUT2D eigenvalue weighted by Crippen LogP contribution is -2.54. The first-order valence-electron chi connectivity index (χ1n) is 11.9. The van der Waals surface area contributed by atoms with Crippen LogP contribution < -0.4 is 5.32 Å². The van der Waals surface area contributed by atoms with Crippen LogP contribution in [-0.2, 0) is 11.3 Å². The molecule has 0 unspecified atom stereocenters. The molecule has 2 saturated carbocycles. The van der Waals surface area contributed by atoms with Gasteiger partial charge in [-0.25, -0.2) is 0 Å². The molecule has 2 N–H and O–H groups in total. The number of carbonyl (C=O) groups excluding carboxylic acids is 1. The number of allylic oxidation sites excluding steroid dienone is 2. The van der Waals surface area contributed by atoms with Crippen LogP contribution in [0.1, 0.15) is 77.3 Å². The minimum atomic E-state index is -0.212. The van der Waals surface area contributed by atoms with E-state index in [0.717, 1.165) is 49.7 Å². The molecular formula is C28H41NO2. The van der Waals surface area contributed by atoms with Gasteiger partial charge in [0.05, 0.1) is 6.10 Å². The van der Waals surface area contributed by atoms with Crippen molar-refractivity contribution in [2.75, 3.05) is 0 Å². The average Bonchev–Trinajstić information content (AvgIpc) is 2.70. The highest BCUT2D eigenvalue weighted by Crippen LogP contribution is 2.61. The first-order valence-corrected chi connectivity index (χ1v) is 11.9. The van der Waals surface area contributed by atoms with Crippen molar-refractivity contribution in [3.05, 3.63) is 59.2 Å². The maximum atomic E-state index is 12.4. The molecule has 170 valence electrons. The molecule has 0 aromatic heterocycles. The van der Waals surface area contributed by atoms with Gasteiger partial charge in [0.2, 0.25) is 5.91 Å². The number of nitrogens with one attached hydrogen (secondary N) is 1. The Bertz CT molecular complexity index is 835. The van der Waals surface area contributed by atoms with Gasteiger partial charge < -0.3 is 10.4 Å². The molecule has 0 bridgehead atoms. The topological polar surface area (TPSA) is 49.3 Å². The summed E-state index contributed by atoms with van der Waals surface area (Å²) in [6.45, 7) is 16.0. The van der Waals surface area contributed by atoms with E-state index in [1.165, 1.54) is 11.1 Å². The number of aryl methyl sites for hydroxylation is 1. The summed E-state index contributed by atoms with van der Waals surface area (Å²) in [6.07, 6.45) is 7.61. The smallest absolute Gasteiger partial charge is 0.244 e. The van der Waals surface area contributed by atoms with Gasteiger partial charge in [-0.2, -0.15) is 0 Å². The predicted molar refractivity (Wildman–Crippen MR) is 128 cm³/mol. The fraction of sp³-hybridized carbons (Fsp3) is 0.607. The van der Waals surface area contributed by atoms with E-state index >= 15 is 0 Å². The Morgan fingerprint density at radius 2 is 1.90 bits per heavy atom. The van der Waals surface area contributed by atoms with Gasteiger partial charge in [-0.3, -0.25) is 4.79 Å². The standard InChI is InChI=1S/C28H41NO2/c1-19-7-11-22(12-8-19)18-29-26(31)17-20(2)9-13-23-21(3)10-14-24-27(4,5)25(30)15-16-28(23,24)6/h7-8,11-12,17,23-25,30H,3,9-10,13-16,18H2,1-2,4-6H3,(H,29,31)/b20-17+/t23-,24-,25-,28+/m1/s1. The van der Waals surface area contributed by atoms with Crippen molar-refractivity contribution in [1.82, 2.24) is 5.32 Å². The zero-order valence-electron chi connectivity index (χ0n) is 20.1. The highest BCUT2D eigenvalue weighted by molar-refractivity contribution is 5.88. The molecular weight excluding hydrogens is 382 g/mol. The fourth-order valence-corrected chi connectivity index (χ4v) is 6.31. The third-order valence-electron chi connectivity index (χ3n) is 8.34. The number of aliphatic hydroxyl groups excluding tert-OH is 1. The van der Waals surface area contributed by atoms with Crippen molar-refractivity contribution >= 4 is 5.91 Å². The van der Waals surface area contributed by atoms with E-state index < -0.39 is 0 Å². The Morgan fingerprint density at radius 3 is 2.58 bits per heavy atom. The number of aliphatic hydroxyl groups is 1. The van der Waals surface area contributed by atoms with Gasteiger partial charge in [0.15, 0.2) is 0 Å². The molecule has 0 heterocycles. The van der Waals surface area contributed by atoms with Crippen molar-refractivity contribution in [2.45, 2.75) is 85.8 Å². The summed E-state index contributed by atoms with van der Waals surface area (Å²) in [5, 5.41) is 13.6. The zero-order chi connectivity index (χ0) is 22.8. The van der Waals surface area contributed by atoms with Gasteiger partial charge in [0.1, 0.15) is 0 Å². The zero-order valence-corrected chi connectivity index (χ0v) is 20.1. The molecule has 0 saturated heterocycles. The second kappa shape index (κ2) is 9.32. The van der Waals surface area contributed by atoms with Crippen LogP contribution in [0.5, 0.6) is 0 Å². The summed E-state index contributed by atoms with van der Waals surface area (Å²) >= 11 is 0. The first-order chi connectivity index (χ1) is 14.5. The normalized spacial score (nSPS) is 30.6. The Kier molecular flexibility index (Phi) is 7.15. The number of amides is 1. The molecule has 2 aliphatic carbocycles. The summed E-state index contributed by atoms with van der Waals surface area (Å²) in [5.41, 5.74) is 4.96. The molecule has 2 aliphatic rings. The lowest BCUT2D eigenvalue weighted by Gasteiger charge is -2.59. The molecule has 31 heavy (non-hydrogen) atoms. The highest BCUT2D eigenvalue weighted by atomic mass is 16.3. The molecule has 0 radical (unpaired) electrons. The molecule has 1 aromatic carbocycles. The average molecular weight is 424 g/mol. The van der Waals surface area contributed by atoms with Gasteiger partial charge >= 0.3 is 0 Å². The Morgan fingerprint density at radius 1 is 1.23 bits per heavy atom. The number of benzene rings is 1. The van der Waals surface area contributed by atoms with Crippen molar-refractivity contribution in [1.29, 1.82) is 0 Å². The van der Waals surface area contributed by atoms with Crippen LogP contribution in [0.3, 0.4) is 0 Å². The minimum absolute atomic E-state index is 0.0217. The quantitative estimate of drug-likeness (QED) is 0.428. The summed E-state index contributed by atoms with van der Waals surface area (Å²) < 4.78 is 0. The molecule has 2 fully saturated rings.